The van der Waals surface area contributed by atoms with Crippen LogP contribution in [0.3, 0.4) is 0 Å². The highest BCUT2D eigenvalue weighted by molar-refractivity contribution is 6.30. The fourth-order valence-corrected chi connectivity index (χ4v) is 1.64. The number of benzene rings is 1. The summed E-state index contributed by atoms with van der Waals surface area (Å²) in [4.78, 5) is 4.20. The van der Waals surface area contributed by atoms with Crippen LogP contribution in [0.25, 0.3) is 0 Å². The number of aromatic nitrogens is 1. The Morgan fingerprint density at radius 1 is 1.39 bits per heavy atom. The summed E-state index contributed by atoms with van der Waals surface area (Å²) in [6, 6.07) is 8.81. The highest BCUT2D eigenvalue weighted by atomic mass is 35.5. The van der Waals surface area contributed by atoms with E-state index in [1.165, 1.54) is 0 Å². The van der Waals surface area contributed by atoms with Gasteiger partial charge in [0.05, 0.1) is 11.3 Å². The topological polar surface area (TPSA) is 74.7 Å². The van der Waals surface area contributed by atoms with Crippen LogP contribution in [0.1, 0.15) is 11.1 Å². The van der Waals surface area contributed by atoms with Gasteiger partial charge in [0.15, 0.2) is 0 Å². The van der Waals surface area contributed by atoms with Gasteiger partial charge in [-0.05, 0) is 30.7 Å². The summed E-state index contributed by atoms with van der Waals surface area (Å²) < 4.78 is 0. The molecule has 0 radical (unpaired) electrons. The molecule has 3 N–H and O–H groups in total. The van der Waals surface area contributed by atoms with E-state index in [1.807, 2.05) is 6.92 Å². The van der Waals surface area contributed by atoms with E-state index in [1.54, 1.807) is 30.5 Å². The van der Waals surface area contributed by atoms with E-state index in [4.69, 9.17) is 22.6 Å². The number of nitriles is 1. The van der Waals surface area contributed by atoms with Crippen molar-refractivity contribution in [1.29, 1.82) is 5.26 Å². The lowest BCUT2D eigenvalue weighted by molar-refractivity contribution is 1.26. The molecule has 18 heavy (non-hydrogen) atoms. The first-order valence-electron chi connectivity index (χ1n) is 5.29. The number of nitrogen functional groups attached to an aromatic ring is 1. The second kappa shape index (κ2) is 4.94. The summed E-state index contributed by atoms with van der Waals surface area (Å²) in [5.41, 5.74) is 8.47. The minimum Gasteiger partial charge on any atom is -0.398 e. The fourth-order valence-electron chi connectivity index (χ4n) is 1.46. The van der Waals surface area contributed by atoms with Gasteiger partial charge in [-0.3, -0.25) is 0 Å². The van der Waals surface area contributed by atoms with Crippen molar-refractivity contribution in [3.05, 3.63) is 46.6 Å². The summed E-state index contributed by atoms with van der Waals surface area (Å²) in [6.07, 6.45) is 1.67. The molecular formula is C13H11ClN4. The second-order valence-electron chi connectivity index (χ2n) is 3.85. The Morgan fingerprint density at radius 3 is 2.83 bits per heavy atom. The molecule has 0 fully saturated rings. The number of anilines is 3. The highest BCUT2D eigenvalue weighted by Gasteiger charge is 2.05. The van der Waals surface area contributed by atoms with Gasteiger partial charge in [0.2, 0.25) is 0 Å². The molecule has 1 heterocycles. The third-order valence-corrected chi connectivity index (χ3v) is 2.74. The van der Waals surface area contributed by atoms with Crippen molar-refractivity contribution in [2.45, 2.75) is 6.92 Å². The third kappa shape index (κ3) is 2.53. The number of aryl methyl sites for hydroxylation is 1. The molecule has 90 valence electrons. The van der Waals surface area contributed by atoms with Crippen LogP contribution in [-0.2, 0) is 0 Å². The van der Waals surface area contributed by atoms with Gasteiger partial charge in [0, 0.05) is 23.0 Å². The van der Waals surface area contributed by atoms with Crippen molar-refractivity contribution < 1.29 is 0 Å². The lowest BCUT2D eigenvalue weighted by Gasteiger charge is -2.09. The maximum atomic E-state index is 9.01. The molecule has 1 aromatic carbocycles. The molecule has 0 saturated carbocycles. The number of hydrogen-bond donors (Lipinski definition) is 2. The lowest BCUT2D eigenvalue weighted by Crippen LogP contribution is -1.99. The molecule has 2 rings (SSSR count). The lowest BCUT2D eigenvalue weighted by atomic mass is 10.2. The van der Waals surface area contributed by atoms with Crippen LogP contribution in [0.15, 0.2) is 30.5 Å². The molecule has 0 saturated heterocycles. The Balaban J connectivity index is 2.36. The summed E-state index contributed by atoms with van der Waals surface area (Å²) in [5.74, 6) is 0.580. The molecule has 4 nitrogen and oxygen atoms in total. The second-order valence-corrected chi connectivity index (χ2v) is 4.29. The maximum absolute atomic E-state index is 9.01. The number of hydrogen-bond acceptors (Lipinski definition) is 4. The number of nitrogens with one attached hydrogen (secondary N) is 1. The van der Waals surface area contributed by atoms with Gasteiger partial charge in [-0.25, -0.2) is 4.98 Å². The summed E-state index contributed by atoms with van der Waals surface area (Å²) in [6.45, 7) is 1.88. The predicted octanol–water partition coefficient (Wildman–Crippen LogP) is 3.24. The third-order valence-electron chi connectivity index (χ3n) is 2.51. The molecule has 0 amide bonds. The van der Waals surface area contributed by atoms with E-state index >= 15 is 0 Å². The number of nitrogens with zero attached hydrogens (tertiary/aromatic N) is 2. The van der Waals surface area contributed by atoms with Crippen LogP contribution in [0.5, 0.6) is 0 Å². The number of pyridine rings is 1. The number of halogens is 1. The Bertz CT molecular complexity index is 631. The van der Waals surface area contributed by atoms with Crippen LogP contribution < -0.4 is 11.1 Å². The van der Waals surface area contributed by atoms with Crippen LogP contribution in [-0.4, -0.2) is 4.98 Å². The van der Waals surface area contributed by atoms with Crippen molar-refractivity contribution in [3.63, 3.8) is 0 Å². The Hall–Kier alpha value is -2.25. The van der Waals surface area contributed by atoms with Gasteiger partial charge in [-0.2, -0.15) is 5.26 Å². The molecule has 2 aromatic rings. The van der Waals surface area contributed by atoms with Crippen molar-refractivity contribution >= 4 is 28.8 Å². The maximum Gasteiger partial charge on any atom is 0.132 e. The van der Waals surface area contributed by atoms with Crippen LogP contribution in [0, 0.1) is 18.3 Å². The van der Waals surface area contributed by atoms with Gasteiger partial charge in [-0.15, -0.1) is 0 Å². The van der Waals surface area contributed by atoms with Crippen molar-refractivity contribution in [2.75, 3.05) is 11.1 Å². The first-order valence-corrected chi connectivity index (χ1v) is 5.67. The van der Waals surface area contributed by atoms with Gasteiger partial charge in [-0.1, -0.05) is 11.6 Å². The Kier molecular flexibility index (Phi) is 3.35. The minimum absolute atomic E-state index is 0.500. The Morgan fingerprint density at radius 2 is 2.17 bits per heavy atom. The van der Waals surface area contributed by atoms with Crippen molar-refractivity contribution in [1.82, 2.24) is 4.98 Å². The molecule has 0 aliphatic carbocycles. The quantitative estimate of drug-likeness (QED) is 0.867. The largest absolute Gasteiger partial charge is 0.398 e. The van der Waals surface area contributed by atoms with Crippen LogP contribution in [0.4, 0.5) is 17.2 Å². The van der Waals surface area contributed by atoms with Gasteiger partial charge < -0.3 is 11.1 Å². The molecule has 0 atom stereocenters. The first-order chi connectivity index (χ1) is 8.60. The summed E-state index contributed by atoms with van der Waals surface area (Å²) >= 11 is 5.90. The normalized spacial score (nSPS) is 9.83. The average Bonchev–Trinajstić information content (AvgIpc) is 2.34. The minimum atomic E-state index is 0.500. The zero-order chi connectivity index (χ0) is 13.1. The van der Waals surface area contributed by atoms with E-state index in [-0.39, 0.29) is 0 Å². The first kappa shape index (κ1) is 12.2. The molecule has 0 aliphatic heterocycles. The molecular weight excluding hydrogens is 248 g/mol. The van der Waals surface area contributed by atoms with E-state index in [0.717, 1.165) is 5.56 Å². The standard InChI is InChI=1S/C13H11ClN4/c1-8-7-17-13(5-11(8)16)18-12-4-10(14)3-2-9(12)6-15/h2-5,7H,1H3,(H3,16,17,18). The number of rotatable bonds is 2. The Labute approximate surface area is 110 Å². The van der Waals surface area contributed by atoms with Crippen molar-refractivity contribution in [3.8, 4) is 6.07 Å². The number of nitrogens with two attached hydrogens (primary N) is 1. The molecule has 1 aromatic heterocycles. The molecule has 0 aliphatic rings. The van der Waals surface area contributed by atoms with Crippen LogP contribution >= 0.6 is 11.6 Å². The monoisotopic (exact) mass is 258 g/mol. The highest BCUT2D eigenvalue weighted by Crippen LogP contribution is 2.24. The van der Waals surface area contributed by atoms with E-state index in [9.17, 15) is 0 Å². The molecule has 0 spiro atoms. The smallest absolute Gasteiger partial charge is 0.132 e. The zero-order valence-corrected chi connectivity index (χ0v) is 10.5. The van der Waals surface area contributed by atoms with Crippen LogP contribution in [0.2, 0.25) is 5.02 Å². The van der Waals surface area contributed by atoms with E-state index in [0.29, 0.717) is 27.8 Å². The SMILES string of the molecule is Cc1cnc(Nc2cc(Cl)ccc2C#N)cc1N. The predicted molar refractivity (Wildman–Crippen MR) is 72.8 cm³/mol. The van der Waals surface area contributed by atoms with Gasteiger partial charge in [0.1, 0.15) is 11.9 Å². The van der Waals surface area contributed by atoms with E-state index < -0.39 is 0 Å². The molecule has 5 heteroatoms. The van der Waals surface area contributed by atoms with E-state index in [2.05, 4.69) is 16.4 Å². The summed E-state index contributed by atoms with van der Waals surface area (Å²) in [7, 11) is 0. The average molecular weight is 259 g/mol. The molecule has 0 unspecified atom stereocenters. The summed E-state index contributed by atoms with van der Waals surface area (Å²) in [5, 5.41) is 12.6. The van der Waals surface area contributed by atoms with Gasteiger partial charge in [0.25, 0.3) is 0 Å². The van der Waals surface area contributed by atoms with Crippen molar-refractivity contribution in [2.24, 2.45) is 0 Å². The molecule has 0 bridgehead atoms. The fraction of sp³-hybridized carbons (Fsp3) is 0.0769. The zero-order valence-electron chi connectivity index (χ0n) is 9.74. The van der Waals surface area contributed by atoms with Gasteiger partial charge >= 0.3 is 0 Å².